The molecule has 0 aliphatic heterocycles. The number of rotatable bonds is 8. The van der Waals surface area contributed by atoms with Gasteiger partial charge < -0.3 is 4.74 Å². The van der Waals surface area contributed by atoms with Crippen LogP contribution in [0.1, 0.15) is 51.0 Å². The lowest BCUT2D eigenvalue weighted by Gasteiger charge is -2.07. The number of pyridine rings is 1. The van der Waals surface area contributed by atoms with Crippen molar-refractivity contribution in [2.45, 2.75) is 45.4 Å². The monoisotopic (exact) mass is 282 g/mol. The first-order valence-corrected chi connectivity index (χ1v) is 7.78. The zero-order chi connectivity index (χ0) is 14.9. The largest absolute Gasteiger partial charge is 0.478 e. The van der Waals surface area contributed by atoms with Gasteiger partial charge in [-0.3, -0.25) is 0 Å². The average Bonchev–Trinajstić information content (AvgIpc) is 2.53. The molecule has 1 aromatic heterocycles. The van der Waals surface area contributed by atoms with Crippen molar-refractivity contribution in [2.75, 3.05) is 6.61 Å². The maximum absolute atomic E-state index is 9.22. The van der Waals surface area contributed by atoms with E-state index in [4.69, 9.17) is 4.74 Å². The Bertz CT molecular complexity index is 616. The van der Waals surface area contributed by atoms with Crippen molar-refractivity contribution >= 4 is 10.9 Å². The van der Waals surface area contributed by atoms with E-state index < -0.39 is 0 Å². The Labute approximate surface area is 126 Å². The summed E-state index contributed by atoms with van der Waals surface area (Å²) in [6.45, 7) is 2.89. The lowest BCUT2D eigenvalue weighted by Crippen LogP contribution is -2.00. The molecule has 1 heterocycles. The first-order valence-electron chi connectivity index (χ1n) is 7.78. The van der Waals surface area contributed by atoms with Crippen molar-refractivity contribution in [3.8, 4) is 11.9 Å². The van der Waals surface area contributed by atoms with Crippen LogP contribution in [-0.4, -0.2) is 11.6 Å². The van der Waals surface area contributed by atoms with Gasteiger partial charge in [-0.2, -0.15) is 5.26 Å². The predicted octanol–water partition coefficient (Wildman–Crippen LogP) is 4.85. The van der Waals surface area contributed by atoms with Gasteiger partial charge in [0.1, 0.15) is 6.07 Å². The van der Waals surface area contributed by atoms with Gasteiger partial charge in [-0.1, -0.05) is 57.2 Å². The molecule has 0 saturated carbocycles. The molecule has 3 nitrogen and oxygen atoms in total. The highest BCUT2D eigenvalue weighted by molar-refractivity contribution is 5.85. The zero-order valence-electron chi connectivity index (χ0n) is 12.6. The molecule has 0 aliphatic carbocycles. The topological polar surface area (TPSA) is 45.9 Å². The first-order chi connectivity index (χ1) is 10.3. The average molecular weight is 282 g/mol. The van der Waals surface area contributed by atoms with Gasteiger partial charge in [0.2, 0.25) is 5.88 Å². The van der Waals surface area contributed by atoms with Gasteiger partial charge in [-0.25, -0.2) is 4.98 Å². The van der Waals surface area contributed by atoms with E-state index in [0.29, 0.717) is 18.1 Å². The Kier molecular flexibility index (Phi) is 6.02. The van der Waals surface area contributed by atoms with Gasteiger partial charge in [-0.15, -0.1) is 0 Å². The second kappa shape index (κ2) is 8.26. The molecule has 0 saturated heterocycles. The molecular weight excluding hydrogens is 260 g/mol. The normalized spacial score (nSPS) is 10.5. The van der Waals surface area contributed by atoms with Crippen molar-refractivity contribution in [2.24, 2.45) is 0 Å². The van der Waals surface area contributed by atoms with Crippen LogP contribution in [0, 0.1) is 11.3 Å². The minimum Gasteiger partial charge on any atom is -0.478 e. The fourth-order valence-corrected chi connectivity index (χ4v) is 2.38. The van der Waals surface area contributed by atoms with Crippen LogP contribution in [0.5, 0.6) is 5.88 Å². The van der Waals surface area contributed by atoms with E-state index in [2.05, 4.69) is 18.0 Å². The second-order valence-corrected chi connectivity index (χ2v) is 5.25. The van der Waals surface area contributed by atoms with Crippen molar-refractivity contribution in [3.05, 3.63) is 35.9 Å². The molecule has 21 heavy (non-hydrogen) atoms. The summed E-state index contributed by atoms with van der Waals surface area (Å²) in [5, 5.41) is 10.1. The summed E-state index contributed by atoms with van der Waals surface area (Å²) in [5.41, 5.74) is 1.44. The molecule has 2 rings (SSSR count). The van der Waals surface area contributed by atoms with Gasteiger partial charge in [0, 0.05) is 11.5 Å². The third-order valence-electron chi connectivity index (χ3n) is 3.56. The molecule has 0 fully saturated rings. The first kappa shape index (κ1) is 15.3. The summed E-state index contributed by atoms with van der Waals surface area (Å²) < 4.78 is 5.70. The number of ether oxygens (including phenoxy) is 1. The number of benzene rings is 1. The summed E-state index contributed by atoms with van der Waals surface area (Å²) in [6.07, 6.45) is 7.40. The second-order valence-electron chi connectivity index (χ2n) is 5.25. The van der Waals surface area contributed by atoms with Crippen LogP contribution in [0.3, 0.4) is 0 Å². The number of hydrogen-bond donors (Lipinski definition) is 0. The molecule has 0 N–H and O–H groups in total. The number of unbranched alkanes of at least 4 members (excludes halogenated alkanes) is 5. The lowest BCUT2D eigenvalue weighted by atomic mass is 10.1. The van der Waals surface area contributed by atoms with Crippen molar-refractivity contribution in [3.63, 3.8) is 0 Å². The van der Waals surface area contributed by atoms with Crippen LogP contribution >= 0.6 is 0 Å². The van der Waals surface area contributed by atoms with Crippen LogP contribution in [0.4, 0.5) is 0 Å². The minimum absolute atomic E-state index is 0.554. The summed E-state index contributed by atoms with van der Waals surface area (Å²) >= 11 is 0. The molecule has 110 valence electrons. The van der Waals surface area contributed by atoms with Gasteiger partial charge in [0.15, 0.2) is 0 Å². The van der Waals surface area contributed by atoms with Gasteiger partial charge in [-0.05, 0) is 12.5 Å². The molecular formula is C18H22N2O. The number of nitriles is 1. The predicted molar refractivity (Wildman–Crippen MR) is 85.3 cm³/mol. The third kappa shape index (κ3) is 4.46. The number of hydrogen-bond acceptors (Lipinski definition) is 3. The van der Waals surface area contributed by atoms with E-state index in [0.717, 1.165) is 17.3 Å². The molecule has 2 aromatic rings. The Morgan fingerprint density at radius 3 is 2.67 bits per heavy atom. The Balaban J connectivity index is 1.89. The highest BCUT2D eigenvalue weighted by Crippen LogP contribution is 2.21. The summed E-state index contributed by atoms with van der Waals surface area (Å²) in [6, 6.07) is 11.6. The fourth-order valence-electron chi connectivity index (χ4n) is 2.38. The number of fused-ring (bicyclic) bond motifs is 1. The highest BCUT2D eigenvalue weighted by Gasteiger charge is 2.05. The maximum atomic E-state index is 9.22. The minimum atomic E-state index is 0.554. The molecule has 1 aromatic carbocycles. The number of aromatic nitrogens is 1. The van der Waals surface area contributed by atoms with Crippen LogP contribution < -0.4 is 4.74 Å². The maximum Gasteiger partial charge on any atom is 0.215 e. The van der Waals surface area contributed by atoms with Crippen LogP contribution in [0.2, 0.25) is 0 Å². The van der Waals surface area contributed by atoms with Crippen molar-refractivity contribution in [1.82, 2.24) is 4.98 Å². The van der Waals surface area contributed by atoms with Crippen molar-refractivity contribution in [1.29, 1.82) is 5.26 Å². The van der Waals surface area contributed by atoms with E-state index in [1.165, 1.54) is 32.1 Å². The zero-order valence-corrected chi connectivity index (χ0v) is 12.6. The summed E-state index contributed by atoms with van der Waals surface area (Å²) in [5.74, 6) is 0.554. The molecule has 0 amide bonds. The molecule has 0 bridgehead atoms. The quantitative estimate of drug-likeness (QED) is 0.650. The van der Waals surface area contributed by atoms with Gasteiger partial charge >= 0.3 is 0 Å². The van der Waals surface area contributed by atoms with Crippen molar-refractivity contribution < 1.29 is 4.74 Å². The SMILES string of the molecule is CCCCCCCCOc1cc(C#N)c2ccccc2n1. The van der Waals surface area contributed by atoms with E-state index in [1.54, 1.807) is 6.07 Å². The van der Waals surface area contributed by atoms with E-state index in [9.17, 15) is 5.26 Å². The molecule has 0 radical (unpaired) electrons. The van der Waals surface area contributed by atoms with Gasteiger partial charge in [0.25, 0.3) is 0 Å². The number of para-hydroxylation sites is 1. The van der Waals surface area contributed by atoms with Crippen LogP contribution in [0.25, 0.3) is 10.9 Å². The Hall–Kier alpha value is -2.08. The lowest BCUT2D eigenvalue weighted by molar-refractivity contribution is 0.294. The third-order valence-corrected chi connectivity index (χ3v) is 3.56. The molecule has 0 spiro atoms. The van der Waals surface area contributed by atoms with E-state index in [-0.39, 0.29) is 0 Å². The van der Waals surface area contributed by atoms with E-state index >= 15 is 0 Å². The smallest absolute Gasteiger partial charge is 0.215 e. The molecule has 0 atom stereocenters. The van der Waals surface area contributed by atoms with Crippen LogP contribution in [0.15, 0.2) is 30.3 Å². The molecule has 3 heteroatoms. The number of nitrogens with zero attached hydrogens (tertiary/aromatic N) is 2. The molecule has 0 aliphatic rings. The summed E-state index contributed by atoms with van der Waals surface area (Å²) in [4.78, 5) is 4.46. The van der Waals surface area contributed by atoms with Crippen LogP contribution in [-0.2, 0) is 0 Å². The summed E-state index contributed by atoms with van der Waals surface area (Å²) in [7, 11) is 0. The van der Waals surface area contributed by atoms with Gasteiger partial charge in [0.05, 0.1) is 17.7 Å². The Morgan fingerprint density at radius 2 is 1.86 bits per heavy atom. The highest BCUT2D eigenvalue weighted by atomic mass is 16.5. The van der Waals surface area contributed by atoms with E-state index in [1.807, 2.05) is 24.3 Å². The molecule has 0 unspecified atom stereocenters. The fraction of sp³-hybridized carbons (Fsp3) is 0.444. The Morgan fingerprint density at radius 1 is 1.10 bits per heavy atom. The standard InChI is InChI=1S/C18H22N2O/c1-2-3-4-5-6-9-12-21-18-13-15(14-19)16-10-7-8-11-17(16)20-18/h7-8,10-11,13H,2-6,9,12H2,1H3.